The molecule has 0 saturated heterocycles. The Morgan fingerprint density at radius 1 is 1.24 bits per heavy atom. The number of hydrogen-bond donors (Lipinski definition) is 2. The molecule has 6 nitrogen and oxygen atoms in total. The van der Waals surface area contributed by atoms with Gasteiger partial charge in [0.25, 0.3) is 0 Å². The molecule has 0 heterocycles. The lowest BCUT2D eigenvalue weighted by Crippen LogP contribution is -2.15. The number of rotatable bonds is 3. The third-order valence-corrected chi connectivity index (χ3v) is 1.86. The fourth-order valence-electron chi connectivity index (χ4n) is 1.15. The number of aliphatic carboxylic acids is 1. The molecule has 2 N–H and O–H groups in total. The highest BCUT2D eigenvalue weighted by molar-refractivity contribution is 6.01. The minimum absolute atomic E-state index is 0.126. The molecule has 0 aliphatic rings. The first kappa shape index (κ1) is 12.2. The van der Waals surface area contributed by atoms with E-state index in [9.17, 15) is 9.59 Å². The molecule has 17 heavy (non-hydrogen) atoms. The average molecular weight is 229 g/mol. The van der Waals surface area contributed by atoms with Gasteiger partial charge in [-0.1, -0.05) is 0 Å². The number of carbonyl (C=O) groups excluding carboxylic acids is 1. The monoisotopic (exact) mass is 229 g/mol. The lowest BCUT2D eigenvalue weighted by molar-refractivity contribution is -0.139. The molecule has 0 bridgehead atoms. The highest BCUT2D eigenvalue weighted by atomic mass is 16.4. The number of nitrogens with zero attached hydrogens (tertiary/aromatic N) is 2. The normalized spacial score (nSPS) is 8.82. The van der Waals surface area contributed by atoms with Crippen LogP contribution in [-0.2, 0) is 9.59 Å². The summed E-state index contributed by atoms with van der Waals surface area (Å²) in [7, 11) is 0. The van der Waals surface area contributed by atoms with Crippen molar-refractivity contribution < 1.29 is 14.7 Å². The van der Waals surface area contributed by atoms with Gasteiger partial charge in [-0.15, -0.1) is 0 Å². The van der Waals surface area contributed by atoms with Gasteiger partial charge < -0.3 is 10.4 Å². The van der Waals surface area contributed by atoms with Crippen molar-refractivity contribution >= 4 is 17.6 Å². The summed E-state index contributed by atoms with van der Waals surface area (Å²) in [6, 6.07) is 7.77. The van der Waals surface area contributed by atoms with E-state index in [-0.39, 0.29) is 16.8 Å². The predicted octanol–water partition coefficient (Wildman–Crippen LogP) is 0.843. The summed E-state index contributed by atoms with van der Waals surface area (Å²) in [5.74, 6) is -1.93. The number of carboxylic acid groups (broad SMARTS) is 1. The molecule has 0 aromatic heterocycles. The number of amides is 1. The minimum Gasteiger partial charge on any atom is -0.481 e. The highest BCUT2D eigenvalue weighted by Crippen LogP contribution is 2.14. The van der Waals surface area contributed by atoms with Crippen LogP contribution in [0.4, 0.5) is 5.69 Å². The van der Waals surface area contributed by atoms with Crippen molar-refractivity contribution in [1.82, 2.24) is 0 Å². The van der Waals surface area contributed by atoms with Gasteiger partial charge >= 0.3 is 5.97 Å². The maximum Gasteiger partial charge on any atom is 0.312 e. The summed E-state index contributed by atoms with van der Waals surface area (Å²) in [5, 5.41) is 28.1. The Morgan fingerprint density at radius 2 is 1.88 bits per heavy atom. The smallest absolute Gasteiger partial charge is 0.312 e. The lowest BCUT2D eigenvalue weighted by Gasteiger charge is -2.04. The fraction of sp³-hybridized carbons (Fsp3) is 0.0909. The Labute approximate surface area is 96.7 Å². The van der Waals surface area contributed by atoms with E-state index >= 15 is 0 Å². The van der Waals surface area contributed by atoms with E-state index in [0.29, 0.717) is 0 Å². The minimum atomic E-state index is -1.24. The topological polar surface area (TPSA) is 114 Å². The largest absolute Gasteiger partial charge is 0.481 e. The van der Waals surface area contributed by atoms with Crippen LogP contribution in [0, 0.1) is 22.7 Å². The van der Waals surface area contributed by atoms with E-state index in [1.165, 1.54) is 18.2 Å². The van der Waals surface area contributed by atoms with E-state index in [1.54, 1.807) is 0 Å². The van der Waals surface area contributed by atoms with Crippen molar-refractivity contribution in [3.8, 4) is 12.1 Å². The molecule has 0 radical (unpaired) electrons. The molecular weight excluding hydrogens is 222 g/mol. The summed E-state index contributed by atoms with van der Waals surface area (Å²) in [4.78, 5) is 21.4. The van der Waals surface area contributed by atoms with Gasteiger partial charge in [-0.3, -0.25) is 9.59 Å². The third kappa shape index (κ3) is 3.33. The number of nitrogens with one attached hydrogen (secondary N) is 1. The quantitative estimate of drug-likeness (QED) is 0.745. The number of benzene rings is 1. The Morgan fingerprint density at radius 3 is 2.41 bits per heavy atom. The van der Waals surface area contributed by atoms with Gasteiger partial charge in [0, 0.05) is 5.69 Å². The zero-order valence-corrected chi connectivity index (χ0v) is 8.60. The highest BCUT2D eigenvalue weighted by Gasteiger charge is 2.09. The Hall–Kier alpha value is -2.86. The summed E-state index contributed by atoms with van der Waals surface area (Å²) < 4.78 is 0. The van der Waals surface area contributed by atoms with E-state index < -0.39 is 18.3 Å². The molecule has 1 amide bonds. The maximum atomic E-state index is 11.1. The summed E-state index contributed by atoms with van der Waals surface area (Å²) in [5.41, 5.74) is 0.608. The second kappa shape index (κ2) is 5.29. The number of carbonyl (C=O) groups is 2. The average Bonchev–Trinajstić information content (AvgIpc) is 2.27. The maximum absolute atomic E-state index is 11.1. The Kier molecular flexibility index (Phi) is 3.80. The predicted molar refractivity (Wildman–Crippen MR) is 56.8 cm³/mol. The lowest BCUT2D eigenvalue weighted by atomic mass is 10.1. The zero-order valence-electron chi connectivity index (χ0n) is 8.60. The molecule has 0 saturated carbocycles. The van der Waals surface area contributed by atoms with Crippen LogP contribution >= 0.6 is 0 Å². The number of nitriles is 2. The van der Waals surface area contributed by atoms with Crippen LogP contribution in [0.25, 0.3) is 0 Å². The molecule has 0 aliphatic heterocycles. The molecule has 6 heteroatoms. The summed E-state index contributed by atoms with van der Waals surface area (Å²) in [6.45, 7) is 0. The van der Waals surface area contributed by atoms with Crippen molar-refractivity contribution in [1.29, 1.82) is 10.5 Å². The van der Waals surface area contributed by atoms with E-state index in [1.807, 2.05) is 12.1 Å². The first-order chi connectivity index (χ1) is 8.06. The van der Waals surface area contributed by atoms with Crippen LogP contribution in [0.3, 0.4) is 0 Å². The van der Waals surface area contributed by atoms with E-state index in [4.69, 9.17) is 15.6 Å². The third-order valence-electron chi connectivity index (χ3n) is 1.86. The number of hydrogen-bond acceptors (Lipinski definition) is 4. The summed E-state index contributed by atoms with van der Waals surface area (Å²) >= 11 is 0. The van der Waals surface area contributed by atoms with Crippen molar-refractivity contribution in [2.24, 2.45) is 0 Å². The van der Waals surface area contributed by atoms with Crippen molar-refractivity contribution in [2.75, 3.05) is 5.32 Å². The fourth-order valence-corrected chi connectivity index (χ4v) is 1.15. The molecule has 1 aromatic rings. The molecule has 0 atom stereocenters. The van der Waals surface area contributed by atoms with Gasteiger partial charge in [0.2, 0.25) is 5.91 Å². The van der Waals surface area contributed by atoms with Gasteiger partial charge in [-0.25, -0.2) is 0 Å². The second-order valence-corrected chi connectivity index (χ2v) is 3.10. The molecule has 0 unspecified atom stereocenters. The standard InChI is InChI=1S/C11H7N3O3/c12-5-7-1-2-9(3-8(7)6-13)14-10(15)4-11(16)17/h1-3H,4H2,(H,14,15)(H,16,17). The van der Waals surface area contributed by atoms with Gasteiger partial charge in [-0.2, -0.15) is 10.5 Å². The van der Waals surface area contributed by atoms with Crippen molar-refractivity contribution in [3.63, 3.8) is 0 Å². The van der Waals surface area contributed by atoms with Crippen LogP contribution in [0.2, 0.25) is 0 Å². The van der Waals surface area contributed by atoms with Gasteiger partial charge in [-0.05, 0) is 18.2 Å². The van der Waals surface area contributed by atoms with Crippen LogP contribution in [-0.4, -0.2) is 17.0 Å². The van der Waals surface area contributed by atoms with Crippen molar-refractivity contribution in [2.45, 2.75) is 6.42 Å². The second-order valence-electron chi connectivity index (χ2n) is 3.10. The van der Waals surface area contributed by atoms with Crippen LogP contribution in [0.5, 0.6) is 0 Å². The molecule has 0 aliphatic carbocycles. The van der Waals surface area contributed by atoms with Crippen molar-refractivity contribution in [3.05, 3.63) is 29.3 Å². The van der Waals surface area contributed by atoms with Gasteiger partial charge in [0.15, 0.2) is 0 Å². The SMILES string of the molecule is N#Cc1ccc(NC(=O)CC(=O)O)cc1C#N. The molecule has 1 rings (SSSR count). The van der Waals surface area contributed by atoms with Crippen LogP contribution in [0.1, 0.15) is 17.5 Å². The molecule has 0 spiro atoms. The Bertz CT molecular complexity index is 552. The number of carboxylic acids is 1. The molecule has 0 fully saturated rings. The summed E-state index contributed by atoms with van der Waals surface area (Å²) in [6.07, 6.45) is -0.651. The van der Waals surface area contributed by atoms with Crippen LogP contribution < -0.4 is 5.32 Å². The van der Waals surface area contributed by atoms with E-state index in [0.717, 1.165) is 0 Å². The molecule has 84 valence electrons. The number of anilines is 1. The first-order valence-electron chi connectivity index (χ1n) is 4.52. The van der Waals surface area contributed by atoms with Crippen LogP contribution in [0.15, 0.2) is 18.2 Å². The zero-order chi connectivity index (χ0) is 12.8. The van der Waals surface area contributed by atoms with E-state index in [2.05, 4.69) is 5.32 Å². The molecule has 1 aromatic carbocycles. The van der Waals surface area contributed by atoms with Gasteiger partial charge in [0.05, 0.1) is 11.1 Å². The Balaban J connectivity index is 2.88. The van der Waals surface area contributed by atoms with Gasteiger partial charge in [0.1, 0.15) is 18.6 Å². The first-order valence-corrected chi connectivity index (χ1v) is 4.52. The molecular formula is C11H7N3O3.